The Kier molecular flexibility index (Phi) is 4.43. The molecule has 1 aromatic carbocycles. The Morgan fingerprint density at radius 1 is 1.33 bits per heavy atom. The normalized spacial score (nSPS) is 17.4. The first-order valence-electron chi connectivity index (χ1n) is 9.17. The molecule has 140 valence electrons. The van der Waals surface area contributed by atoms with Crippen LogP contribution in [0.4, 0.5) is 11.6 Å². The Bertz CT molecular complexity index is 927. The van der Waals surface area contributed by atoms with Gasteiger partial charge >= 0.3 is 0 Å². The van der Waals surface area contributed by atoms with Crippen LogP contribution < -0.4 is 10.1 Å². The lowest BCUT2D eigenvalue weighted by atomic mass is 10.1. The number of fused-ring (bicyclic) bond motifs is 3. The van der Waals surface area contributed by atoms with Gasteiger partial charge in [-0.3, -0.25) is 9.79 Å². The molecule has 2 aromatic rings. The van der Waals surface area contributed by atoms with Crippen LogP contribution in [0.25, 0.3) is 0 Å². The molecule has 0 saturated carbocycles. The van der Waals surface area contributed by atoms with Crippen molar-refractivity contribution in [3.05, 3.63) is 41.2 Å². The molecule has 2 aliphatic heterocycles. The fourth-order valence-electron chi connectivity index (χ4n) is 3.35. The van der Waals surface area contributed by atoms with Crippen LogP contribution >= 0.6 is 0 Å². The highest BCUT2D eigenvalue weighted by molar-refractivity contribution is 6.19. The summed E-state index contributed by atoms with van der Waals surface area (Å²) in [5, 5.41) is 2.93. The number of carbonyl (C=O) groups is 1. The van der Waals surface area contributed by atoms with E-state index in [1.165, 1.54) is 0 Å². The Labute approximate surface area is 157 Å². The van der Waals surface area contributed by atoms with Crippen molar-refractivity contribution in [2.45, 2.75) is 33.2 Å². The van der Waals surface area contributed by atoms with Gasteiger partial charge in [0.2, 0.25) is 5.88 Å². The molecule has 7 heteroatoms. The SMILES string of the molecule is CCOc1ccc(NC(=O)c2c(C)oc3c2C2=NC(CC)CN2C=N3)cc1. The van der Waals surface area contributed by atoms with Crippen LogP contribution in [0.5, 0.6) is 5.75 Å². The van der Waals surface area contributed by atoms with Crippen molar-refractivity contribution in [3.63, 3.8) is 0 Å². The Morgan fingerprint density at radius 3 is 2.81 bits per heavy atom. The molecule has 4 rings (SSSR count). The molecule has 0 bridgehead atoms. The van der Waals surface area contributed by atoms with Crippen molar-refractivity contribution in [1.29, 1.82) is 0 Å². The number of furan rings is 1. The molecule has 0 spiro atoms. The lowest BCUT2D eigenvalue weighted by Crippen LogP contribution is -2.31. The van der Waals surface area contributed by atoms with Gasteiger partial charge < -0.3 is 19.4 Å². The summed E-state index contributed by atoms with van der Waals surface area (Å²) >= 11 is 0. The standard InChI is InChI=1S/C20H22N4O3/c1-4-13-10-24-11-21-20-17(18(24)22-13)16(12(3)27-20)19(25)23-14-6-8-15(9-7-14)26-5-2/h6-9,11,13H,4-5,10H2,1-3H3,(H,23,25). The second-order valence-electron chi connectivity index (χ2n) is 6.54. The molecule has 0 saturated heterocycles. The number of amides is 1. The molecule has 3 heterocycles. The van der Waals surface area contributed by atoms with Gasteiger partial charge in [0.25, 0.3) is 5.91 Å². The van der Waals surface area contributed by atoms with Crippen LogP contribution in [0.2, 0.25) is 0 Å². The van der Waals surface area contributed by atoms with Gasteiger partial charge in [-0.05, 0) is 44.5 Å². The lowest BCUT2D eigenvalue weighted by Gasteiger charge is -2.18. The van der Waals surface area contributed by atoms with E-state index in [1.54, 1.807) is 13.3 Å². The summed E-state index contributed by atoms with van der Waals surface area (Å²) in [6.07, 6.45) is 2.67. The molecular formula is C20H22N4O3. The van der Waals surface area contributed by atoms with Gasteiger partial charge in [-0.15, -0.1) is 0 Å². The second-order valence-corrected chi connectivity index (χ2v) is 6.54. The highest BCUT2D eigenvalue weighted by Gasteiger charge is 2.35. The average molecular weight is 366 g/mol. The molecule has 0 fully saturated rings. The van der Waals surface area contributed by atoms with E-state index in [0.29, 0.717) is 35.1 Å². The topological polar surface area (TPSA) is 79.4 Å². The third-order valence-corrected chi connectivity index (χ3v) is 4.71. The minimum atomic E-state index is -0.235. The lowest BCUT2D eigenvalue weighted by molar-refractivity contribution is 0.102. The maximum absolute atomic E-state index is 13.0. The zero-order valence-corrected chi connectivity index (χ0v) is 15.7. The van der Waals surface area contributed by atoms with Gasteiger partial charge in [-0.1, -0.05) is 6.92 Å². The number of hydrogen-bond acceptors (Lipinski definition) is 6. The molecule has 0 aliphatic carbocycles. The minimum Gasteiger partial charge on any atom is -0.494 e. The summed E-state index contributed by atoms with van der Waals surface area (Å²) in [4.78, 5) is 24.1. The quantitative estimate of drug-likeness (QED) is 0.874. The fraction of sp³-hybridized carbons (Fsp3) is 0.350. The van der Waals surface area contributed by atoms with Crippen molar-refractivity contribution >= 4 is 29.7 Å². The number of aryl methyl sites for hydroxylation is 1. The second kappa shape index (κ2) is 6.90. The van der Waals surface area contributed by atoms with E-state index in [4.69, 9.17) is 14.1 Å². The summed E-state index contributed by atoms with van der Waals surface area (Å²) in [6.45, 7) is 7.19. The predicted octanol–water partition coefficient (Wildman–Crippen LogP) is 3.75. The molecule has 1 amide bonds. The van der Waals surface area contributed by atoms with E-state index >= 15 is 0 Å². The van der Waals surface area contributed by atoms with Gasteiger partial charge in [0.05, 0.1) is 23.8 Å². The van der Waals surface area contributed by atoms with Gasteiger partial charge in [-0.2, -0.15) is 0 Å². The van der Waals surface area contributed by atoms with E-state index in [2.05, 4.69) is 17.2 Å². The van der Waals surface area contributed by atoms with Gasteiger partial charge in [0.15, 0.2) is 0 Å². The number of aliphatic imine (C=N–C) groups is 2. The summed E-state index contributed by atoms with van der Waals surface area (Å²) in [6, 6.07) is 7.49. The number of carbonyl (C=O) groups excluding carboxylic acids is 1. The Balaban J connectivity index is 1.64. The van der Waals surface area contributed by atoms with E-state index in [1.807, 2.05) is 36.1 Å². The zero-order chi connectivity index (χ0) is 19.0. The Morgan fingerprint density at radius 2 is 2.11 bits per heavy atom. The average Bonchev–Trinajstić information content (AvgIpc) is 3.23. The summed E-state index contributed by atoms with van der Waals surface area (Å²) < 4.78 is 11.2. The summed E-state index contributed by atoms with van der Waals surface area (Å²) in [7, 11) is 0. The van der Waals surface area contributed by atoms with E-state index < -0.39 is 0 Å². The van der Waals surface area contributed by atoms with Crippen molar-refractivity contribution in [1.82, 2.24) is 4.90 Å². The first kappa shape index (κ1) is 17.3. The molecule has 1 unspecified atom stereocenters. The number of nitrogens with one attached hydrogen (secondary N) is 1. The monoisotopic (exact) mass is 366 g/mol. The summed E-state index contributed by atoms with van der Waals surface area (Å²) in [5.41, 5.74) is 1.85. The molecule has 2 aliphatic rings. The minimum absolute atomic E-state index is 0.203. The molecule has 0 radical (unpaired) electrons. The van der Waals surface area contributed by atoms with Crippen molar-refractivity contribution < 1.29 is 13.9 Å². The van der Waals surface area contributed by atoms with Crippen LogP contribution in [0.15, 0.2) is 38.7 Å². The molecule has 7 nitrogen and oxygen atoms in total. The van der Waals surface area contributed by atoms with Crippen molar-refractivity contribution in [2.24, 2.45) is 9.98 Å². The third-order valence-electron chi connectivity index (χ3n) is 4.71. The molecule has 1 N–H and O–H groups in total. The smallest absolute Gasteiger partial charge is 0.260 e. The van der Waals surface area contributed by atoms with Crippen LogP contribution in [0.3, 0.4) is 0 Å². The maximum atomic E-state index is 13.0. The van der Waals surface area contributed by atoms with E-state index in [-0.39, 0.29) is 11.9 Å². The highest BCUT2D eigenvalue weighted by Crippen LogP contribution is 2.35. The van der Waals surface area contributed by atoms with Crippen LogP contribution in [0, 0.1) is 6.92 Å². The number of ether oxygens (including phenoxy) is 1. The molecule has 1 atom stereocenters. The van der Waals surface area contributed by atoms with E-state index in [9.17, 15) is 4.79 Å². The van der Waals surface area contributed by atoms with Gasteiger partial charge in [0, 0.05) is 12.2 Å². The number of nitrogens with zero attached hydrogens (tertiary/aromatic N) is 3. The highest BCUT2D eigenvalue weighted by atomic mass is 16.5. The number of rotatable bonds is 5. The van der Waals surface area contributed by atoms with Crippen LogP contribution in [0.1, 0.15) is 41.9 Å². The van der Waals surface area contributed by atoms with E-state index in [0.717, 1.165) is 24.6 Å². The van der Waals surface area contributed by atoms with Crippen molar-refractivity contribution in [3.8, 4) is 5.75 Å². The molecule has 27 heavy (non-hydrogen) atoms. The third kappa shape index (κ3) is 3.09. The van der Waals surface area contributed by atoms with Crippen LogP contribution in [-0.4, -0.2) is 42.2 Å². The number of benzene rings is 1. The van der Waals surface area contributed by atoms with Crippen molar-refractivity contribution in [2.75, 3.05) is 18.5 Å². The summed E-state index contributed by atoms with van der Waals surface area (Å²) in [5.74, 6) is 2.27. The predicted molar refractivity (Wildman–Crippen MR) is 104 cm³/mol. The van der Waals surface area contributed by atoms with Gasteiger partial charge in [-0.25, -0.2) is 4.99 Å². The number of anilines is 1. The Hall–Kier alpha value is -3.09. The maximum Gasteiger partial charge on any atom is 0.260 e. The van der Waals surface area contributed by atoms with Crippen LogP contribution in [-0.2, 0) is 0 Å². The first-order chi connectivity index (χ1) is 13.1. The van der Waals surface area contributed by atoms with Gasteiger partial charge in [0.1, 0.15) is 23.7 Å². The number of amidine groups is 1. The molecule has 1 aromatic heterocycles. The molecular weight excluding hydrogens is 344 g/mol. The zero-order valence-electron chi connectivity index (χ0n) is 15.7. The number of hydrogen-bond donors (Lipinski definition) is 1. The fourth-order valence-corrected chi connectivity index (χ4v) is 3.35. The largest absolute Gasteiger partial charge is 0.494 e. The first-order valence-corrected chi connectivity index (χ1v) is 9.17.